The molecule has 0 aliphatic rings. The molecule has 0 atom stereocenters. The monoisotopic (exact) mass is 500 g/mol. The molecule has 0 amide bonds. The highest BCUT2D eigenvalue weighted by Gasteiger charge is 2.13. The van der Waals surface area contributed by atoms with E-state index in [4.69, 9.17) is 44.3 Å². The van der Waals surface area contributed by atoms with E-state index in [2.05, 4.69) is 10.3 Å². The smallest absolute Gasteiger partial charge is 0.310 e. The first kappa shape index (κ1) is 23.2. The van der Waals surface area contributed by atoms with Crippen molar-refractivity contribution in [1.82, 2.24) is 4.98 Å². The van der Waals surface area contributed by atoms with Gasteiger partial charge in [-0.1, -0.05) is 53.0 Å². The molecule has 168 valence electrons. The van der Waals surface area contributed by atoms with Crippen LogP contribution in [0.25, 0.3) is 10.9 Å². The van der Waals surface area contributed by atoms with Gasteiger partial charge >= 0.3 is 5.97 Å². The molecule has 5 nitrogen and oxygen atoms in total. The van der Waals surface area contributed by atoms with E-state index in [1.807, 2.05) is 30.3 Å². The Morgan fingerprint density at radius 3 is 2.48 bits per heavy atom. The summed E-state index contributed by atoms with van der Waals surface area (Å²) in [4.78, 5) is 16.6. The second-order valence-electron chi connectivity index (χ2n) is 7.22. The van der Waals surface area contributed by atoms with Crippen molar-refractivity contribution in [3.63, 3.8) is 0 Å². The van der Waals surface area contributed by atoms with Crippen LogP contribution in [0.15, 0.2) is 66.7 Å². The number of carbonyl (C=O) groups is 1. The fourth-order valence-corrected chi connectivity index (χ4v) is 3.94. The van der Waals surface area contributed by atoms with E-state index in [0.29, 0.717) is 37.8 Å². The molecule has 0 saturated carbocycles. The van der Waals surface area contributed by atoms with Crippen LogP contribution in [0, 0.1) is 0 Å². The maximum atomic E-state index is 12.0. The maximum Gasteiger partial charge on any atom is 0.310 e. The second kappa shape index (κ2) is 10.3. The van der Waals surface area contributed by atoms with Crippen molar-refractivity contribution >= 4 is 63.0 Å². The van der Waals surface area contributed by atoms with Crippen LogP contribution in [0.1, 0.15) is 11.3 Å². The lowest BCUT2D eigenvalue weighted by Crippen LogP contribution is -2.08. The summed E-state index contributed by atoms with van der Waals surface area (Å²) in [7, 11) is 1.35. The second-order valence-corrected chi connectivity index (χ2v) is 8.47. The van der Waals surface area contributed by atoms with E-state index in [-0.39, 0.29) is 19.0 Å². The maximum absolute atomic E-state index is 12.0. The molecule has 0 saturated heterocycles. The molecule has 0 unspecified atom stereocenters. The quantitative estimate of drug-likeness (QED) is 0.271. The zero-order valence-electron chi connectivity index (χ0n) is 17.6. The van der Waals surface area contributed by atoms with Gasteiger partial charge in [0.2, 0.25) is 0 Å². The Balaban J connectivity index is 1.57. The lowest BCUT2D eigenvalue weighted by molar-refractivity contribution is -0.139. The fraction of sp³-hybridized carbons (Fsp3) is 0.120. The Morgan fingerprint density at radius 1 is 0.970 bits per heavy atom. The average molecular weight is 502 g/mol. The summed E-state index contributed by atoms with van der Waals surface area (Å²) in [6.45, 7) is 0.253. The standard InChI is InChI=1S/C25H19Cl3N2O3/c1-32-24(31)12-16-11-19(9-10-22(16)30-25-20(27)3-2-4-21(25)28)33-14-18-8-6-15-5-7-17(26)13-23(15)29-18/h2-11,13,30H,12,14H2,1H3. The minimum absolute atomic E-state index is 0.0465. The van der Waals surface area contributed by atoms with Crippen LogP contribution in [0.4, 0.5) is 11.4 Å². The van der Waals surface area contributed by atoms with Gasteiger partial charge in [0.15, 0.2) is 0 Å². The Bertz CT molecular complexity index is 1310. The summed E-state index contributed by atoms with van der Waals surface area (Å²) in [5.41, 5.74) is 3.45. The van der Waals surface area contributed by atoms with Gasteiger partial charge in [0.05, 0.1) is 40.5 Å². The van der Waals surface area contributed by atoms with Crippen molar-refractivity contribution in [2.24, 2.45) is 0 Å². The van der Waals surface area contributed by atoms with Crippen LogP contribution in [-0.4, -0.2) is 18.1 Å². The lowest BCUT2D eigenvalue weighted by Gasteiger charge is -2.16. The number of benzene rings is 3. The van der Waals surface area contributed by atoms with E-state index >= 15 is 0 Å². The molecule has 0 spiro atoms. The first-order valence-electron chi connectivity index (χ1n) is 10.0. The minimum Gasteiger partial charge on any atom is -0.487 e. The zero-order chi connectivity index (χ0) is 23.4. The molecule has 0 aliphatic heterocycles. The summed E-state index contributed by atoms with van der Waals surface area (Å²) >= 11 is 18.6. The van der Waals surface area contributed by atoms with Crippen molar-refractivity contribution < 1.29 is 14.3 Å². The van der Waals surface area contributed by atoms with Gasteiger partial charge in [0, 0.05) is 16.1 Å². The number of methoxy groups -OCH3 is 1. The molecule has 8 heteroatoms. The van der Waals surface area contributed by atoms with Gasteiger partial charge in [-0.3, -0.25) is 4.79 Å². The number of esters is 1. The van der Waals surface area contributed by atoms with Gasteiger partial charge in [-0.2, -0.15) is 0 Å². The number of ether oxygens (including phenoxy) is 2. The van der Waals surface area contributed by atoms with E-state index in [9.17, 15) is 4.79 Å². The number of halogens is 3. The van der Waals surface area contributed by atoms with Crippen LogP contribution in [0.5, 0.6) is 5.75 Å². The molecule has 4 rings (SSSR count). The average Bonchev–Trinajstić information content (AvgIpc) is 2.80. The number of carbonyl (C=O) groups excluding carboxylic acids is 1. The van der Waals surface area contributed by atoms with Gasteiger partial charge in [0.1, 0.15) is 12.4 Å². The number of anilines is 2. The highest BCUT2D eigenvalue weighted by Crippen LogP contribution is 2.35. The zero-order valence-corrected chi connectivity index (χ0v) is 19.8. The fourth-order valence-electron chi connectivity index (χ4n) is 3.28. The normalized spacial score (nSPS) is 10.8. The summed E-state index contributed by atoms with van der Waals surface area (Å²) < 4.78 is 10.8. The molecule has 1 N–H and O–H groups in total. The van der Waals surface area contributed by atoms with Crippen LogP contribution in [-0.2, 0) is 22.6 Å². The summed E-state index contributed by atoms with van der Waals surface area (Å²) in [5.74, 6) is 0.200. The predicted molar refractivity (Wildman–Crippen MR) is 133 cm³/mol. The van der Waals surface area contributed by atoms with E-state index in [1.54, 1.807) is 36.4 Å². The van der Waals surface area contributed by atoms with Crippen molar-refractivity contribution in [2.75, 3.05) is 12.4 Å². The molecule has 0 aliphatic carbocycles. The largest absolute Gasteiger partial charge is 0.487 e. The molecule has 1 heterocycles. The number of fused-ring (bicyclic) bond motifs is 1. The van der Waals surface area contributed by atoms with Gasteiger partial charge < -0.3 is 14.8 Å². The third-order valence-electron chi connectivity index (χ3n) is 4.96. The van der Waals surface area contributed by atoms with Crippen LogP contribution in [0.3, 0.4) is 0 Å². The SMILES string of the molecule is COC(=O)Cc1cc(OCc2ccc3ccc(Cl)cc3n2)ccc1Nc1c(Cl)cccc1Cl. The Labute approximate surface area is 206 Å². The van der Waals surface area contributed by atoms with Crippen LogP contribution in [0.2, 0.25) is 15.1 Å². The van der Waals surface area contributed by atoms with E-state index in [1.165, 1.54) is 7.11 Å². The van der Waals surface area contributed by atoms with Gasteiger partial charge in [0.25, 0.3) is 0 Å². The number of nitrogens with zero attached hydrogens (tertiary/aromatic N) is 1. The first-order valence-corrected chi connectivity index (χ1v) is 11.1. The molecular formula is C25H19Cl3N2O3. The first-order chi connectivity index (χ1) is 15.9. The van der Waals surface area contributed by atoms with Crippen molar-refractivity contribution in [3.05, 3.63) is 93.1 Å². The molecular weight excluding hydrogens is 483 g/mol. The van der Waals surface area contributed by atoms with Crippen molar-refractivity contribution in [2.45, 2.75) is 13.0 Å². The number of hydrogen-bond donors (Lipinski definition) is 1. The van der Waals surface area contributed by atoms with E-state index < -0.39 is 0 Å². The molecule has 3 aromatic carbocycles. The van der Waals surface area contributed by atoms with Gasteiger partial charge in [-0.05, 0) is 54.1 Å². The lowest BCUT2D eigenvalue weighted by atomic mass is 10.1. The molecule has 4 aromatic rings. The topological polar surface area (TPSA) is 60.5 Å². The molecule has 33 heavy (non-hydrogen) atoms. The number of nitrogens with one attached hydrogen (secondary N) is 1. The van der Waals surface area contributed by atoms with Gasteiger partial charge in [-0.25, -0.2) is 4.98 Å². The molecule has 0 bridgehead atoms. The number of pyridine rings is 1. The minimum atomic E-state index is -0.381. The highest BCUT2D eigenvalue weighted by atomic mass is 35.5. The number of rotatable bonds is 7. The van der Waals surface area contributed by atoms with Crippen molar-refractivity contribution in [1.29, 1.82) is 0 Å². The number of para-hydroxylation sites is 1. The van der Waals surface area contributed by atoms with Gasteiger partial charge in [-0.15, -0.1) is 0 Å². The third-order valence-corrected chi connectivity index (χ3v) is 5.83. The summed E-state index contributed by atoms with van der Waals surface area (Å²) in [6.07, 6.45) is 0.0465. The predicted octanol–water partition coefficient (Wildman–Crippen LogP) is 7.23. The molecule has 0 radical (unpaired) electrons. The Kier molecular flexibility index (Phi) is 7.23. The highest BCUT2D eigenvalue weighted by molar-refractivity contribution is 6.39. The van der Waals surface area contributed by atoms with Crippen LogP contribution >= 0.6 is 34.8 Å². The Morgan fingerprint density at radius 2 is 1.73 bits per heavy atom. The summed E-state index contributed by atoms with van der Waals surface area (Å²) in [5, 5.41) is 5.77. The number of aromatic nitrogens is 1. The van der Waals surface area contributed by atoms with E-state index in [0.717, 1.165) is 16.6 Å². The third kappa shape index (κ3) is 5.69. The molecule has 0 fully saturated rings. The summed E-state index contributed by atoms with van der Waals surface area (Å²) in [6, 6.07) is 20.1. The van der Waals surface area contributed by atoms with Crippen LogP contribution < -0.4 is 10.1 Å². The number of hydrogen-bond acceptors (Lipinski definition) is 5. The molecule has 1 aromatic heterocycles. The van der Waals surface area contributed by atoms with Crippen molar-refractivity contribution in [3.8, 4) is 5.75 Å². The Hall–Kier alpha value is -2.99.